The van der Waals surface area contributed by atoms with Gasteiger partial charge in [-0.1, -0.05) is 30.3 Å². The van der Waals surface area contributed by atoms with E-state index in [1.807, 2.05) is 43.4 Å². The molecule has 4 rings (SSSR count). The van der Waals surface area contributed by atoms with Gasteiger partial charge in [0.15, 0.2) is 0 Å². The van der Waals surface area contributed by atoms with Crippen molar-refractivity contribution in [2.45, 2.75) is 13.5 Å². The summed E-state index contributed by atoms with van der Waals surface area (Å²) in [5.41, 5.74) is 5.36. The quantitative estimate of drug-likeness (QED) is 0.669. The van der Waals surface area contributed by atoms with Gasteiger partial charge in [-0.2, -0.15) is 0 Å². The van der Waals surface area contributed by atoms with Gasteiger partial charge >= 0.3 is 0 Å². The Kier molecular flexibility index (Phi) is 5.35. The summed E-state index contributed by atoms with van der Waals surface area (Å²) < 4.78 is 0. The zero-order valence-corrected chi connectivity index (χ0v) is 15.5. The Morgan fingerprint density at radius 2 is 1.64 bits per heavy atom. The number of benzene rings is 2. The number of hydrogen-bond acceptors (Lipinski definition) is 4. The lowest BCUT2D eigenvalue weighted by Crippen LogP contribution is -2.17. The molecule has 3 aromatic rings. The fourth-order valence-corrected chi connectivity index (χ4v) is 3.18. The molecule has 7 nitrogen and oxygen atoms in total. The van der Waals surface area contributed by atoms with Gasteiger partial charge in [-0.25, -0.2) is 4.98 Å². The fraction of sp³-hybridized carbons (Fsp3) is 0.143. The molecule has 2 N–H and O–H groups in total. The third-order valence-corrected chi connectivity index (χ3v) is 4.45. The van der Waals surface area contributed by atoms with Crippen LogP contribution in [-0.4, -0.2) is 39.4 Å². The van der Waals surface area contributed by atoms with E-state index in [1.165, 1.54) is 6.07 Å². The molecule has 0 bridgehead atoms. The number of aromatic amines is 1. The first-order chi connectivity index (χ1) is 13.4. The van der Waals surface area contributed by atoms with Crippen LogP contribution in [0.2, 0.25) is 0 Å². The molecular weight excluding hydrogens is 358 g/mol. The van der Waals surface area contributed by atoms with Crippen LogP contribution in [0.1, 0.15) is 21.6 Å². The van der Waals surface area contributed by atoms with Crippen molar-refractivity contribution < 1.29 is 14.7 Å². The smallest absolute Gasteiger partial charge is 0.290 e. The molecule has 0 unspecified atom stereocenters. The van der Waals surface area contributed by atoms with Crippen LogP contribution >= 0.6 is 0 Å². The van der Waals surface area contributed by atoms with Crippen molar-refractivity contribution in [3.63, 3.8) is 0 Å². The van der Waals surface area contributed by atoms with Gasteiger partial charge < -0.3 is 15.0 Å². The van der Waals surface area contributed by atoms with E-state index in [-0.39, 0.29) is 17.9 Å². The van der Waals surface area contributed by atoms with Gasteiger partial charge in [-0.3, -0.25) is 14.4 Å². The zero-order valence-electron chi connectivity index (χ0n) is 15.5. The zero-order chi connectivity index (χ0) is 20.3. The predicted molar refractivity (Wildman–Crippen MR) is 105 cm³/mol. The molecule has 1 aliphatic rings. The number of aryl methyl sites for hydroxylation is 1. The molecule has 0 radical (unpaired) electrons. The second-order valence-electron chi connectivity index (χ2n) is 6.45. The second-order valence-corrected chi connectivity index (χ2v) is 6.45. The molecular formula is C21H19N3O4. The van der Waals surface area contributed by atoms with E-state index < -0.39 is 0 Å². The van der Waals surface area contributed by atoms with Crippen LogP contribution in [0, 0.1) is 6.92 Å². The third kappa shape index (κ3) is 3.83. The van der Waals surface area contributed by atoms with E-state index in [0.717, 1.165) is 27.8 Å². The fourth-order valence-electron chi connectivity index (χ4n) is 3.18. The molecule has 0 saturated heterocycles. The summed E-state index contributed by atoms with van der Waals surface area (Å²) in [5, 5.41) is 6.89. The number of fused-ring (bicyclic) bond motifs is 1. The largest absolute Gasteiger partial charge is 0.483 e. The van der Waals surface area contributed by atoms with Gasteiger partial charge in [-0.05, 0) is 35.7 Å². The monoisotopic (exact) mass is 377 g/mol. The van der Waals surface area contributed by atoms with Gasteiger partial charge in [-0.15, -0.1) is 0 Å². The number of rotatable bonds is 2. The normalized spacial score (nSPS) is 12.2. The number of carbonyl (C=O) groups is 2. The van der Waals surface area contributed by atoms with E-state index >= 15 is 0 Å². The molecule has 0 spiro atoms. The van der Waals surface area contributed by atoms with Crippen LogP contribution in [0.5, 0.6) is 0 Å². The van der Waals surface area contributed by atoms with E-state index in [1.54, 1.807) is 11.8 Å². The summed E-state index contributed by atoms with van der Waals surface area (Å²) >= 11 is 0. The molecule has 1 aliphatic heterocycles. The van der Waals surface area contributed by atoms with Gasteiger partial charge in [0.1, 0.15) is 5.82 Å². The average Bonchev–Trinajstić information content (AvgIpc) is 2.95. The molecule has 2 heterocycles. The van der Waals surface area contributed by atoms with Gasteiger partial charge in [0.2, 0.25) is 0 Å². The van der Waals surface area contributed by atoms with Crippen LogP contribution in [-0.2, 0) is 11.3 Å². The maximum Gasteiger partial charge on any atom is 0.290 e. The lowest BCUT2D eigenvalue weighted by molar-refractivity contribution is -0.122. The number of nitrogens with one attached hydrogen (secondary N) is 1. The standard InChI is InChI=1S/C20H17N3O2.CH2O2/c1-12-9-18(24)22-19(21-12)14-5-3-13(4-6-14)15-7-8-17-16(10-15)11-23(2)20(17)25;2-1-3/h3-10H,11H2,1-2H3,(H,21,22,24);1H,(H,2,3). The highest BCUT2D eigenvalue weighted by atomic mass is 16.3. The molecule has 0 aliphatic carbocycles. The lowest BCUT2D eigenvalue weighted by Gasteiger charge is -2.06. The highest BCUT2D eigenvalue weighted by Gasteiger charge is 2.24. The minimum Gasteiger partial charge on any atom is -0.483 e. The van der Waals surface area contributed by atoms with Crippen molar-refractivity contribution in [3.05, 3.63) is 75.7 Å². The maximum atomic E-state index is 12.0. The molecule has 1 amide bonds. The van der Waals surface area contributed by atoms with Crippen molar-refractivity contribution >= 4 is 12.4 Å². The Balaban J connectivity index is 0.000000706. The number of nitrogens with zero attached hydrogens (tertiary/aromatic N) is 2. The first kappa shape index (κ1) is 19.0. The molecule has 28 heavy (non-hydrogen) atoms. The minimum atomic E-state index is -0.250. The summed E-state index contributed by atoms with van der Waals surface area (Å²) in [4.78, 5) is 40.8. The number of carboxylic acid groups (broad SMARTS) is 1. The second kappa shape index (κ2) is 7.87. The topological polar surface area (TPSA) is 103 Å². The maximum absolute atomic E-state index is 12.0. The van der Waals surface area contributed by atoms with Crippen LogP contribution in [0.25, 0.3) is 22.5 Å². The summed E-state index contributed by atoms with van der Waals surface area (Å²) in [5.74, 6) is 0.643. The molecule has 7 heteroatoms. The number of aromatic nitrogens is 2. The van der Waals surface area contributed by atoms with Crippen molar-refractivity contribution in [2.75, 3.05) is 7.05 Å². The van der Waals surface area contributed by atoms with Crippen LogP contribution in [0.15, 0.2) is 53.3 Å². The highest BCUT2D eigenvalue weighted by Crippen LogP contribution is 2.28. The number of carbonyl (C=O) groups excluding carboxylic acids is 1. The average molecular weight is 377 g/mol. The summed E-state index contributed by atoms with van der Waals surface area (Å²) in [6.45, 7) is 2.20. The van der Waals surface area contributed by atoms with Crippen LogP contribution < -0.4 is 5.56 Å². The number of H-pyrrole nitrogens is 1. The molecule has 2 aromatic carbocycles. The summed E-state index contributed by atoms with van der Waals surface area (Å²) in [6, 6.07) is 15.3. The van der Waals surface area contributed by atoms with Gasteiger partial charge in [0.05, 0.1) is 0 Å². The van der Waals surface area contributed by atoms with Crippen molar-refractivity contribution in [3.8, 4) is 22.5 Å². The van der Waals surface area contributed by atoms with Crippen molar-refractivity contribution in [2.24, 2.45) is 0 Å². The van der Waals surface area contributed by atoms with Crippen LogP contribution in [0.3, 0.4) is 0 Å². The highest BCUT2D eigenvalue weighted by molar-refractivity contribution is 5.98. The third-order valence-electron chi connectivity index (χ3n) is 4.45. The molecule has 142 valence electrons. The van der Waals surface area contributed by atoms with Gasteiger partial charge in [0.25, 0.3) is 17.9 Å². The number of hydrogen-bond donors (Lipinski definition) is 2. The van der Waals surface area contributed by atoms with Gasteiger partial charge in [0, 0.05) is 36.5 Å². The Bertz CT molecular complexity index is 1090. The van der Waals surface area contributed by atoms with Crippen LogP contribution in [0.4, 0.5) is 0 Å². The van der Waals surface area contributed by atoms with Crippen molar-refractivity contribution in [1.82, 2.24) is 14.9 Å². The minimum absolute atomic E-state index is 0.0753. The van der Waals surface area contributed by atoms with E-state index in [4.69, 9.17) is 9.90 Å². The SMILES string of the molecule is Cc1cc(=O)[nH]c(-c2ccc(-c3ccc4c(c3)CN(C)C4=O)cc2)n1.O=CO. The molecule has 0 atom stereocenters. The summed E-state index contributed by atoms with van der Waals surface area (Å²) in [6.07, 6.45) is 0. The van der Waals surface area contributed by atoms with Crippen molar-refractivity contribution in [1.29, 1.82) is 0 Å². The lowest BCUT2D eigenvalue weighted by atomic mass is 9.99. The molecule has 0 fully saturated rings. The Morgan fingerprint density at radius 1 is 1.04 bits per heavy atom. The first-order valence-corrected chi connectivity index (χ1v) is 8.58. The number of amides is 1. The van der Waals surface area contributed by atoms with E-state index in [9.17, 15) is 9.59 Å². The van der Waals surface area contributed by atoms with E-state index in [0.29, 0.717) is 18.1 Å². The summed E-state index contributed by atoms with van der Waals surface area (Å²) in [7, 11) is 1.81. The molecule has 1 aromatic heterocycles. The Labute approximate surface area is 161 Å². The Morgan fingerprint density at radius 3 is 2.29 bits per heavy atom. The molecule has 0 saturated carbocycles. The first-order valence-electron chi connectivity index (χ1n) is 8.58. The predicted octanol–water partition coefficient (Wildman–Crippen LogP) is 2.70. The Hall–Kier alpha value is -3.74. The van der Waals surface area contributed by atoms with E-state index in [2.05, 4.69) is 16.0 Å².